The minimum Gasteiger partial charge on any atom is -0.374 e. The molecule has 19 heavy (non-hydrogen) atoms. The van der Waals surface area contributed by atoms with Gasteiger partial charge in [0.25, 0.3) is 0 Å². The molecule has 1 N–H and O–H groups in total. The fourth-order valence-corrected chi connectivity index (χ4v) is 3.37. The largest absolute Gasteiger partial charge is 0.402 e. The number of hydrogen-bond acceptors (Lipinski definition) is 5. The quantitative estimate of drug-likeness (QED) is 0.629. The number of nitrogens with zero attached hydrogens (tertiary/aromatic N) is 2. The van der Waals surface area contributed by atoms with Gasteiger partial charge >= 0.3 is 5.82 Å². The number of nitrogens with one attached hydrogen (secondary N) is 1. The molecule has 1 aliphatic rings. The van der Waals surface area contributed by atoms with Crippen LogP contribution in [0.1, 0.15) is 56.7 Å². The smallest absolute Gasteiger partial charge is 0.374 e. The molecule has 0 radical (unpaired) electrons. The summed E-state index contributed by atoms with van der Waals surface area (Å²) < 4.78 is 4.01. The van der Waals surface area contributed by atoms with Crippen LogP contribution in [0.25, 0.3) is 0 Å². The summed E-state index contributed by atoms with van der Waals surface area (Å²) in [6.07, 6.45) is 8.97. The fourth-order valence-electron chi connectivity index (χ4n) is 2.54. The van der Waals surface area contributed by atoms with Gasteiger partial charge in [0, 0.05) is 10.4 Å². The van der Waals surface area contributed by atoms with E-state index in [4.69, 9.17) is 0 Å². The van der Waals surface area contributed by atoms with Gasteiger partial charge < -0.3 is 15.4 Å². The standard InChI is InChI=1S/C13H21N3O2S/c1-2-3-9-11-12(13(15-19-11)16(17)18)14-10-7-5-4-6-8-10/h10,14H,2-9H2,1H3. The molecular weight excluding hydrogens is 262 g/mol. The molecule has 106 valence electrons. The molecule has 0 atom stereocenters. The molecule has 1 fully saturated rings. The fraction of sp³-hybridized carbons (Fsp3) is 0.769. The van der Waals surface area contributed by atoms with Gasteiger partial charge in [0.15, 0.2) is 5.69 Å². The molecule has 1 aromatic rings. The summed E-state index contributed by atoms with van der Waals surface area (Å²) in [5, 5.41) is 14.5. The highest BCUT2D eigenvalue weighted by molar-refractivity contribution is 7.06. The summed E-state index contributed by atoms with van der Waals surface area (Å²) >= 11 is 1.28. The summed E-state index contributed by atoms with van der Waals surface area (Å²) in [5.41, 5.74) is 0.690. The number of aromatic nitrogens is 1. The van der Waals surface area contributed by atoms with Crippen LogP contribution in [0.2, 0.25) is 0 Å². The first kappa shape index (κ1) is 14.2. The summed E-state index contributed by atoms with van der Waals surface area (Å²) in [7, 11) is 0. The minimum absolute atomic E-state index is 0.0154. The van der Waals surface area contributed by atoms with Gasteiger partial charge in [-0.2, -0.15) is 0 Å². The molecule has 0 amide bonds. The van der Waals surface area contributed by atoms with Crippen molar-refractivity contribution in [2.75, 3.05) is 5.32 Å². The van der Waals surface area contributed by atoms with Crippen LogP contribution in [0.15, 0.2) is 0 Å². The lowest BCUT2D eigenvalue weighted by Gasteiger charge is -2.23. The molecule has 0 bridgehead atoms. The van der Waals surface area contributed by atoms with Crippen LogP contribution in [0.3, 0.4) is 0 Å². The van der Waals surface area contributed by atoms with E-state index in [0.717, 1.165) is 37.0 Å². The molecule has 1 saturated carbocycles. The molecule has 0 saturated heterocycles. The molecule has 0 aliphatic heterocycles. The van der Waals surface area contributed by atoms with Gasteiger partial charge in [-0.3, -0.25) is 0 Å². The van der Waals surface area contributed by atoms with Gasteiger partial charge in [-0.05, 0) is 30.6 Å². The van der Waals surface area contributed by atoms with E-state index in [-0.39, 0.29) is 10.7 Å². The average Bonchev–Trinajstić information content (AvgIpc) is 2.80. The Morgan fingerprint density at radius 2 is 2.16 bits per heavy atom. The van der Waals surface area contributed by atoms with Crippen molar-refractivity contribution in [1.29, 1.82) is 0 Å². The first-order chi connectivity index (χ1) is 9.22. The molecular formula is C13H21N3O2S. The lowest BCUT2D eigenvalue weighted by atomic mass is 9.95. The summed E-state index contributed by atoms with van der Waals surface area (Å²) in [6.45, 7) is 2.13. The Balaban J connectivity index is 2.13. The summed E-state index contributed by atoms with van der Waals surface area (Å²) in [4.78, 5) is 11.7. The van der Waals surface area contributed by atoms with Crippen LogP contribution < -0.4 is 5.32 Å². The lowest BCUT2D eigenvalue weighted by Crippen LogP contribution is -2.23. The van der Waals surface area contributed by atoms with Crippen LogP contribution >= 0.6 is 11.5 Å². The zero-order chi connectivity index (χ0) is 13.7. The topological polar surface area (TPSA) is 68.1 Å². The zero-order valence-corrected chi connectivity index (χ0v) is 12.2. The second-order valence-electron chi connectivity index (χ2n) is 5.14. The Morgan fingerprint density at radius 3 is 2.79 bits per heavy atom. The van der Waals surface area contributed by atoms with Crippen LogP contribution in [-0.4, -0.2) is 15.3 Å². The van der Waals surface area contributed by atoms with Crippen molar-refractivity contribution < 1.29 is 4.92 Å². The number of rotatable bonds is 6. The van der Waals surface area contributed by atoms with Crippen molar-refractivity contribution in [2.24, 2.45) is 0 Å². The number of hydrogen-bond donors (Lipinski definition) is 1. The Morgan fingerprint density at radius 1 is 1.42 bits per heavy atom. The third-order valence-corrected chi connectivity index (χ3v) is 4.52. The SMILES string of the molecule is CCCCc1snc([N+](=O)[O-])c1NC1CCCCC1. The molecule has 0 unspecified atom stereocenters. The van der Waals surface area contributed by atoms with E-state index < -0.39 is 0 Å². The van der Waals surface area contributed by atoms with Crippen molar-refractivity contribution in [2.45, 2.75) is 64.3 Å². The van der Waals surface area contributed by atoms with Crippen molar-refractivity contribution in [3.8, 4) is 0 Å². The van der Waals surface area contributed by atoms with Crippen LogP contribution in [0.5, 0.6) is 0 Å². The zero-order valence-electron chi connectivity index (χ0n) is 11.4. The monoisotopic (exact) mass is 283 g/mol. The van der Waals surface area contributed by atoms with Gasteiger partial charge in [-0.15, -0.1) is 0 Å². The van der Waals surface area contributed by atoms with Crippen molar-refractivity contribution in [3.05, 3.63) is 15.0 Å². The van der Waals surface area contributed by atoms with Gasteiger partial charge in [-0.25, -0.2) is 0 Å². The first-order valence-electron chi connectivity index (χ1n) is 7.11. The van der Waals surface area contributed by atoms with Gasteiger partial charge in [0.05, 0.1) is 16.4 Å². The Labute approximate surface area is 117 Å². The van der Waals surface area contributed by atoms with Crippen LogP contribution in [0, 0.1) is 10.1 Å². The number of anilines is 1. The molecule has 2 rings (SSSR count). The molecule has 6 heteroatoms. The highest BCUT2D eigenvalue weighted by Crippen LogP contribution is 2.34. The number of nitro groups is 1. The van der Waals surface area contributed by atoms with Gasteiger partial charge in [0.1, 0.15) is 0 Å². The molecule has 1 aliphatic carbocycles. The van der Waals surface area contributed by atoms with Crippen molar-refractivity contribution in [3.63, 3.8) is 0 Å². The number of aryl methyl sites for hydroxylation is 1. The van der Waals surface area contributed by atoms with E-state index in [1.807, 2.05) is 0 Å². The second kappa shape index (κ2) is 6.84. The Kier molecular flexibility index (Phi) is 5.13. The maximum Gasteiger partial charge on any atom is 0.402 e. The minimum atomic E-state index is -0.364. The Hall–Kier alpha value is -1.17. The first-order valence-corrected chi connectivity index (χ1v) is 7.89. The van der Waals surface area contributed by atoms with E-state index in [9.17, 15) is 10.1 Å². The predicted octanol–water partition coefficient (Wildman–Crippen LogP) is 4.14. The molecule has 1 aromatic heterocycles. The summed E-state index contributed by atoms with van der Waals surface area (Å²) in [6, 6.07) is 0.379. The molecule has 0 spiro atoms. The normalized spacial score (nSPS) is 16.5. The van der Waals surface area contributed by atoms with E-state index in [1.54, 1.807) is 0 Å². The van der Waals surface area contributed by atoms with Crippen molar-refractivity contribution >= 4 is 23.0 Å². The van der Waals surface area contributed by atoms with E-state index in [2.05, 4.69) is 16.6 Å². The molecule has 0 aromatic carbocycles. The Bertz CT molecular complexity index is 428. The predicted molar refractivity (Wildman–Crippen MR) is 77.9 cm³/mol. The highest BCUT2D eigenvalue weighted by atomic mass is 32.1. The van der Waals surface area contributed by atoms with Gasteiger partial charge in [0.2, 0.25) is 0 Å². The van der Waals surface area contributed by atoms with Crippen molar-refractivity contribution in [1.82, 2.24) is 4.37 Å². The number of unbranched alkanes of at least 4 members (excludes halogenated alkanes) is 1. The van der Waals surface area contributed by atoms with Crippen LogP contribution in [0.4, 0.5) is 11.5 Å². The third kappa shape index (κ3) is 3.65. The summed E-state index contributed by atoms with van der Waals surface area (Å²) in [5.74, 6) is 0.0154. The third-order valence-electron chi connectivity index (χ3n) is 3.63. The molecule has 5 nitrogen and oxygen atoms in total. The second-order valence-corrected chi connectivity index (χ2v) is 6.00. The van der Waals surface area contributed by atoms with E-state index in [1.165, 1.54) is 30.8 Å². The highest BCUT2D eigenvalue weighted by Gasteiger charge is 2.26. The maximum absolute atomic E-state index is 11.1. The van der Waals surface area contributed by atoms with E-state index in [0.29, 0.717) is 11.7 Å². The van der Waals surface area contributed by atoms with Crippen LogP contribution in [-0.2, 0) is 6.42 Å². The van der Waals surface area contributed by atoms with E-state index >= 15 is 0 Å². The van der Waals surface area contributed by atoms with Gasteiger partial charge in [-0.1, -0.05) is 32.6 Å². The maximum atomic E-state index is 11.1. The average molecular weight is 283 g/mol. The molecule has 1 heterocycles. The lowest BCUT2D eigenvalue weighted by molar-refractivity contribution is -0.387.